The van der Waals surface area contributed by atoms with Crippen LogP contribution in [0.2, 0.25) is 5.15 Å². The van der Waals surface area contributed by atoms with Gasteiger partial charge in [0, 0.05) is 11.8 Å². The number of halogens is 1. The summed E-state index contributed by atoms with van der Waals surface area (Å²) in [6.07, 6.45) is 1.38. The number of carbonyl (C=O) groups is 1. The Morgan fingerprint density at radius 2 is 1.89 bits per heavy atom. The van der Waals surface area contributed by atoms with Crippen molar-refractivity contribution in [2.75, 3.05) is 0 Å². The molecule has 0 aliphatic rings. The van der Waals surface area contributed by atoms with E-state index in [1.165, 1.54) is 0 Å². The van der Waals surface area contributed by atoms with Gasteiger partial charge in [-0.25, -0.2) is 9.78 Å². The monoisotopic (exact) mass is 275 g/mol. The molecule has 0 aliphatic carbocycles. The van der Waals surface area contributed by atoms with Crippen LogP contribution >= 0.6 is 11.6 Å². The highest BCUT2D eigenvalue weighted by Gasteiger charge is 2.19. The van der Waals surface area contributed by atoms with Crippen molar-refractivity contribution in [1.29, 1.82) is 0 Å². The summed E-state index contributed by atoms with van der Waals surface area (Å²) < 4.78 is 5.22. The van der Waals surface area contributed by atoms with Crippen molar-refractivity contribution >= 4 is 17.6 Å². The maximum atomic E-state index is 12.1. The standard InChI is InChI=1S/C15H14ClNO2/c1-10(2)19-15(18)13-12(8-9-17-14(13)16)11-6-4-3-5-7-11/h3-10H,1-2H3. The van der Waals surface area contributed by atoms with Gasteiger partial charge in [0.1, 0.15) is 10.7 Å². The van der Waals surface area contributed by atoms with Gasteiger partial charge in [0.05, 0.1) is 6.10 Å². The van der Waals surface area contributed by atoms with Crippen molar-refractivity contribution in [1.82, 2.24) is 4.98 Å². The third-order valence-electron chi connectivity index (χ3n) is 2.54. The van der Waals surface area contributed by atoms with Crippen LogP contribution in [0.15, 0.2) is 42.6 Å². The second kappa shape index (κ2) is 5.85. The molecule has 1 aromatic carbocycles. The summed E-state index contributed by atoms with van der Waals surface area (Å²) in [7, 11) is 0. The summed E-state index contributed by atoms with van der Waals surface area (Å²) in [5.74, 6) is -0.452. The molecule has 0 saturated heterocycles. The van der Waals surface area contributed by atoms with Gasteiger partial charge < -0.3 is 4.74 Å². The highest BCUT2D eigenvalue weighted by molar-refractivity contribution is 6.33. The number of rotatable bonds is 3. The average molecular weight is 276 g/mol. The van der Waals surface area contributed by atoms with Crippen LogP contribution < -0.4 is 0 Å². The molecule has 98 valence electrons. The van der Waals surface area contributed by atoms with E-state index in [9.17, 15) is 4.79 Å². The van der Waals surface area contributed by atoms with Gasteiger partial charge >= 0.3 is 5.97 Å². The van der Waals surface area contributed by atoms with E-state index in [0.29, 0.717) is 5.56 Å². The molecular formula is C15H14ClNO2. The number of nitrogens with zero attached hydrogens (tertiary/aromatic N) is 1. The lowest BCUT2D eigenvalue weighted by atomic mass is 10.0. The molecule has 0 unspecified atom stereocenters. The molecule has 4 heteroatoms. The van der Waals surface area contributed by atoms with E-state index in [0.717, 1.165) is 11.1 Å². The number of aromatic nitrogens is 1. The molecule has 0 radical (unpaired) electrons. The Kier molecular flexibility index (Phi) is 4.17. The largest absolute Gasteiger partial charge is 0.459 e. The zero-order chi connectivity index (χ0) is 13.8. The fourth-order valence-corrected chi connectivity index (χ4v) is 2.00. The average Bonchev–Trinajstić information content (AvgIpc) is 2.38. The molecule has 2 aromatic rings. The Balaban J connectivity index is 2.51. The Hall–Kier alpha value is -1.87. The number of hydrogen-bond donors (Lipinski definition) is 0. The van der Waals surface area contributed by atoms with E-state index < -0.39 is 5.97 Å². The molecular weight excluding hydrogens is 262 g/mol. The first-order chi connectivity index (χ1) is 9.09. The minimum atomic E-state index is -0.452. The molecule has 2 rings (SSSR count). The summed E-state index contributed by atoms with van der Waals surface area (Å²) in [5.41, 5.74) is 1.94. The molecule has 0 saturated carbocycles. The topological polar surface area (TPSA) is 39.2 Å². The fourth-order valence-electron chi connectivity index (χ4n) is 1.76. The Morgan fingerprint density at radius 3 is 2.53 bits per heavy atom. The molecule has 3 nitrogen and oxygen atoms in total. The second-order valence-corrected chi connectivity index (χ2v) is 4.70. The lowest BCUT2D eigenvalue weighted by molar-refractivity contribution is 0.0378. The Morgan fingerprint density at radius 1 is 1.21 bits per heavy atom. The van der Waals surface area contributed by atoms with Crippen LogP contribution in [-0.2, 0) is 4.74 Å². The molecule has 1 aromatic heterocycles. The van der Waals surface area contributed by atoms with Crippen molar-refractivity contribution in [2.45, 2.75) is 20.0 Å². The van der Waals surface area contributed by atoms with Crippen LogP contribution in [0.1, 0.15) is 24.2 Å². The minimum Gasteiger partial charge on any atom is -0.459 e. The lowest BCUT2D eigenvalue weighted by Crippen LogP contribution is -2.13. The van der Waals surface area contributed by atoms with Gasteiger partial charge in [0.15, 0.2) is 0 Å². The summed E-state index contributed by atoms with van der Waals surface area (Å²) in [6.45, 7) is 3.59. The van der Waals surface area contributed by atoms with E-state index in [4.69, 9.17) is 16.3 Å². The zero-order valence-corrected chi connectivity index (χ0v) is 11.5. The van der Waals surface area contributed by atoms with E-state index in [-0.39, 0.29) is 11.3 Å². The first kappa shape index (κ1) is 13.6. The lowest BCUT2D eigenvalue weighted by Gasteiger charge is -2.12. The number of benzene rings is 1. The SMILES string of the molecule is CC(C)OC(=O)c1c(-c2ccccc2)ccnc1Cl. The van der Waals surface area contributed by atoms with Gasteiger partial charge in [-0.15, -0.1) is 0 Å². The van der Waals surface area contributed by atoms with Crippen molar-refractivity contribution in [3.05, 3.63) is 53.3 Å². The van der Waals surface area contributed by atoms with Gasteiger partial charge in [-0.05, 0) is 25.5 Å². The van der Waals surface area contributed by atoms with E-state index in [1.54, 1.807) is 26.1 Å². The Bertz CT molecular complexity index is 582. The minimum absolute atomic E-state index is 0.159. The summed E-state index contributed by atoms with van der Waals surface area (Å²) >= 11 is 6.05. The highest BCUT2D eigenvalue weighted by atomic mass is 35.5. The molecule has 0 atom stereocenters. The van der Waals surface area contributed by atoms with Crippen LogP contribution in [0.25, 0.3) is 11.1 Å². The maximum absolute atomic E-state index is 12.1. The molecule has 0 fully saturated rings. The molecule has 0 amide bonds. The predicted molar refractivity (Wildman–Crippen MR) is 75.2 cm³/mol. The summed E-state index contributed by atoms with van der Waals surface area (Å²) in [5, 5.41) is 0.159. The van der Waals surface area contributed by atoms with Gasteiger partial charge in [-0.2, -0.15) is 0 Å². The number of hydrogen-bond acceptors (Lipinski definition) is 3. The van der Waals surface area contributed by atoms with Crippen LogP contribution in [0.5, 0.6) is 0 Å². The number of carbonyl (C=O) groups excluding carboxylic acids is 1. The van der Waals surface area contributed by atoms with Crippen LogP contribution in [-0.4, -0.2) is 17.1 Å². The first-order valence-corrected chi connectivity index (χ1v) is 6.38. The molecule has 19 heavy (non-hydrogen) atoms. The zero-order valence-electron chi connectivity index (χ0n) is 10.8. The first-order valence-electron chi connectivity index (χ1n) is 6.00. The summed E-state index contributed by atoms with van der Waals surface area (Å²) in [6, 6.07) is 11.3. The van der Waals surface area contributed by atoms with E-state index >= 15 is 0 Å². The third kappa shape index (κ3) is 3.12. The van der Waals surface area contributed by atoms with Crippen LogP contribution in [0.3, 0.4) is 0 Å². The number of esters is 1. The summed E-state index contributed by atoms with van der Waals surface area (Å²) in [4.78, 5) is 16.1. The molecule has 1 heterocycles. The third-order valence-corrected chi connectivity index (χ3v) is 2.82. The predicted octanol–water partition coefficient (Wildman–Crippen LogP) is 3.97. The second-order valence-electron chi connectivity index (χ2n) is 4.34. The molecule has 0 bridgehead atoms. The number of ether oxygens (including phenoxy) is 1. The van der Waals surface area contributed by atoms with Crippen molar-refractivity contribution in [2.24, 2.45) is 0 Å². The molecule has 0 spiro atoms. The van der Waals surface area contributed by atoms with Gasteiger partial charge in [0.2, 0.25) is 0 Å². The van der Waals surface area contributed by atoms with Crippen molar-refractivity contribution in [3.63, 3.8) is 0 Å². The normalized spacial score (nSPS) is 10.5. The van der Waals surface area contributed by atoms with Gasteiger partial charge in [-0.3, -0.25) is 0 Å². The van der Waals surface area contributed by atoms with Gasteiger partial charge in [-0.1, -0.05) is 41.9 Å². The fraction of sp³-hybridized carbons (Fsp3) is 0.200. The quantitative estimate of drug-likeness (QED) is 0.628. The van der Waals surface area contributed by atoms with E-state index in [1.807, 2.05) is 30.3 Å². The Labute approximate surface area is 117 Å². The highest BCUT2D eigenvalue weighted by Crippen LogP contribution is 2.28. The smallest absolute Gasteiger partial charge is 0.342 e. The van der Waals surface area contributed by atoms with Crippen molar-refractivity contribution in [3.8, 4) is 11.1 Å². The molecule has 0 aliphatic heterocycles. The van der Waals surface area contributed by atoms with Crippen molar-refractivity contribution < 1.29 is 9.53 Å². The van der Waals surface area contributed by atoms with E-state index in [2.05, 4.69) is 4.98 Å². The number of pyridine rings is 1. The molecule has 0 N–H and O–H groups in total. The van der Waals surface area contributed by atoms with Crippen LogP contribution in [0, 0.1) is 0 Å². The van der Waals surface area contributed by atoms with Crippen LogP contribution in [0.4, 0.5) is 0 Å². The maximum Gasteiger partial charge on any atom is 0.342 e. The van der Waals surface area contributed by atoms with Gasteiger partial charge in [0.25, 0.3) is 0 Å².